The van der Waals surface area contributed by atoms with Gasteiger partial charge in [0.05, 0.1) is 19.1 Å². The van der Waals surface area contributed by atoms with Gasteiger partial charge in [-0.15, -0.1) is 11.3 Å². The van der Waals surface area contributed by atoms with Crippen molar-refractivity contribution in [2.24, 2.45) is 0 Å². The third-order valence-electron chi connectivity index (χ3n) is 2.99. The van der Waals surface area contributed by atoms with Crippen LogP contribution in [0.25, 0.3) is 0 Å². The van der Waals surface area contributed by atoms with Crippen LogP contribution in [0.4, 0.5) is 5.69 Å². The predicted molar refractivity (Wildman–Crippen MR) is 86.7 cm³/mol. The summed E-state index contributed by atoms with van der Waals surface area (Å²) in [6.07, 6.45) is 0. The second-order valence-electron chi connectivity index (χ2n) is 4.40. The summed E-state index contributed by atoms with van der Waals surface area (Å²) < 4.78 is 10.3. The van der Waals surface area contributed by atoms with Gasteiger partial charge in [0, 0.05) is 12.6 Å². The van der Waals surface area contributed by atoms with Gasteiger partial charge < -0.3 is 14.8 Å². The van der Waals surface area contributed by atoms with Crippen LogP contribution >= 0.6 is 22.9 Å². The Balaban J connectivity index is 2.07. The SMILES string of the molecule is COc1ccc(CNC(=O)c2cc([N+](=O)[O-])c(Cl)s2)cc1OC. The fourth-order valence-electron chi connectivity index (χ4n) is 1.86. The normalized spacial score (nSPS) is 10.2. The van der Waals surface area contributed by atoms with E-state index in [9.17, 15) is 14.9 Å². The molecule has 0 aliphatic rings. The number of hydrogen-bond acceptors (Lipinski definition) is 6. The molecule has 0 unspecified atom stereocenters. The lowest BCUT2D eigenvalue weighted by Gasteiger charge is -2.10. The van der Waals surface area contributed by atoms with E-state index in [0.29, 0.717) is 11.5 Å². The van der Waals surface area contributed by atoms with E-state index >= 15 is 0 Å². The fraction of sp³-hybridized carbons (Fsp3) is 0.214. The Morgan fingerprint density at radius 1 is 1.30 bits per heavy atom. The predicted octanol–water partition coefficient (Wildman–Crippen LogP) is 3.26. The van der Waals surface area contributed by atoms with Gasteiger partial charge in [-0.1, -0.05) is 17.7 Å². The number of hydrogen-bond donors (Lipinski definition) is 1. The van der Waals surface area contributed by atoms with E-state index in [1.807, 2.05) is 0 Å². The van der Waals surface area contributed by atoms with Crippen LogP contribution in [-0.4, -0.2) is 25.1 Å². The number of carbonyl (C=O) groups is 1. The van der Waals surface area contributed by atoms with Gasteiger partial charge in [-0.25, -0.2) is 0 Å². The second kappa shape index (κ2) is 7.30. The third-order valence-corrected chi connectivity index (χ3v) is 4.33. The highest BCUT2D eigenvalue weighted by atomic mass is 35.5. The van der Waals surface area contributed by atoms with Crippen LogP contribution in [0.3, 0.4) is 0 Å². The molecule has 1 aromatic heterocycles. The molecular formula is C14H13ClN2O5S. The zero-order valence-corrected chi connectivity index (χ0v) is 13.9. The van der Waals surface area contributed by atoms with Crippen LogP contribution in [0, 0.1) is 10.1 Å². The molecule has 2 rings (SSSR count). The monoisotopic (exact) mass is 356 g/mol. The molecule has 2 aromatic rings. The van der Waals surface area contributed by atoms with E-state index in [-0.39, 0.29) is 21.4 Å². The fourth-order valence-corrected chi connectivity index (χ4v) is 3.00. The summed E-state index contributed by atoms with van der Waals surface area (Å²) in [6.45, 7) is 0.239. The van der Waals surface area contributed by atoms with Crippen molar-refractivity contribution in [3.63, 3.8) is 0 Å². The maximum atomic E-state index is 12.0. The van der Waals surface area contributed by atoms with Crippen molar-refractivity contribution in [1.82, 2.24) is 5.32 Å². The molecule has 1 N–H and O–H groups in total. The Morgan fingerprint density at radius 2 is 2.00 bits per heavy atom. The molecule has 1 heterocycles. The molecule has 1 amide bonds. The molecule has 7 nitrogen and oxygen atoms in total. The first-order chi connectivity index (χ1) is 11.0. The maximum Gasteiger partial charge on any atom is 0.299 e. The number of nitrogens with one attached hydrogen (secondary N) is 1. The summed E-state index contributed by atoms with van der Waals surface area (Å²) in [7, 11) is 3.06. The Kier molecular flexibility index (Phi) is 5.41. The number of methoxy groups -OCH3 is 2. The first kappa shape index (κ1) is 17.0. The minimum Gasteiger partial charge on any atom is -0.493 e. The van der Waals surface area contributed by atoms with Crippen molar-refractivity contribution < 1.29 is 19.2 Å². The number of carbonyl (C=O) groups excluding carboxylic acids is 1. The molecular weight excluding hydrogens is 344 g/mol. The Morgan fingerprint density at radius 3 is 2.57 bits per heavy atom. The average Bonchev–Trinajstić information content (AvgIpc) is 2.94. The molecule has 0 saturated heterocycles. The molecule has 9 heteroatoms. The summed E-state index contributed by atoms with van der Waals surface area (Å²) in [5, 5.41) is 13.4. The van der Waals surface area contributed by atoms with E-state index in [0.717, 1.165) is 23.0 Å². The first-order valence-corrected chi connectivity index (χ1v) is 7.58. The second-order valence-corrected chi connectivity index (χ2v) is 6.05. The van der Waals surface area contributed by atoms with E-state index in [1.165, 1.54) is 14.2 Å². The molecule has 0 saturated carbocycles. The molecule has 0 bridgehead atoms. The van der Waals surface area contributed by atoms with Gasteiger partial charge >= 0.3 is 0 Å². The first-order valence-electron chi connectivity index (χ1n) is 6.39. The van der Waals surface area contributed by atoms with Gasteiger partial charge in [-0.05, 0) is 17.7 Å². The molecule has 1 aromatic carbocycles. The number of amides is 1. The summed E-state index contributed by atoms with van der Waals surface area (Å²) in [5.74, 6) is 0.706. The zero-order valence-electron chi connectivity index (χ0n) is 12.3. The van der Waals surface area contributed by atoms with Gasteiger partial charge in [-0.2, -0.15) is 0 Å². The average molecular weight is 357 g/mol. The van der Waals surface area contributed by atoms with Crippen molar-refractivity contribution in [2.45, 2.75) is 6.54 Å². The van der Waals surface area contributed by atoms with Crippen molar-refractivity contribution in [1.29, 1.82) is 0 Å². The number of rotatable bonds is 6. The van der Waals surface area contributed by atoms with Crippen LogP contribution < -0.4 is 14.8 Å². The van der Waals surface area contributed by atoms with Crippen LogP contribution in [-0.2, 0) is 6.54 Å². The molecule has 23 heavy (non-hydrogen) atoms. The molecule has 0 fully saturated rings. The van der Waals surface area contributed by atoms with E-state index in [4.69, 9.17) is 21.1 Å². The Bertz CT molecular complexity index is 747. The lowest BCUT2D eigenvalue weighted by Crippen LogP contribution is -2.21. The van der Waals surface area contributed by atoms with Gasteiger partial charge in [-0.3, -0.25) is 14.9 Å². The van der Waals surface area contributed by atoms with E-state index < -0.39 is 10.8 Å². The number of nitrogens with zero attached hydrogens (tertiary/aromatic N) is 1. The molecule has 0 radical (unpaired) electrons. The highest BCUT2D eigenvalue weighted by Gasteiger charge is 2.20. The van der Waals surface area contributed by atoms with Crippen molar-refractivity contribution in [3.05, 3.63) is 49.2 Å². The minimum absolute atomic E-state index is 0.0220. The number of ether oxygens (including phenoxy) is 2. The summed E-state index contributed by atoms with van der Waals surface area (Å²) in [6, 6.07) is 6.42. The van der Waals surface area contributed by atoms with Gasteiger partial charge in [0.15, 0.2) is 15.8 Å². The van der Waals surface area contributed by atoms with Crippen molar-refractivity contribution in [2.75, 3.05) is 14.2 Å². The lowest BCUT2D eigenvalue weighted by atomic mass is 10.2. The standard InChI is InChI=1S/C14H13ClN2O5S/c1-21-10-4-3-8(5-11(10)22-2)7-16-14(18)12-6-9(17(19)20)13(15)23-12/h3-6H,7H2,1-2H3,(H,16,18). The smallest absolute Gasteiger partial charge is 0.299 e. The Labute approximate surface area is 140 Å². The molecule has 0 aliphatic heterocycles. The molecule has 0 spiro atoms. The van der Waals surface area contributed by atoms with Crippen LogP contribution in [0.5, 0.6) is 11.5 Å². The maximum absolute atomic E-state index is 12.0. The zero-order chi connectivity index (χ0) is 17.0. The largest absolute Gasteiger partial charge is 0.493 e. The lowest BCUT2D eigenvalue weighted by molar-refractivity contribution is -0.384. The van der Waals surface area contributed by atoms with Gasteiger partial charge in [0.25, 0.3) is 11.6 Å². The minimum atomic E-state index is -0.621. The molecule has 0 atom stereocenters. The van der Waals surface area contributed by atoms with Gasteiger partial charge in [0.1, 0.15) is 4.88 Å². The summed E-state index contributed by atoms with van der Waals surface area (Å²) >= 11 is 6.61. The Hall–Kier alpha value is -2.32. The van der Waals surface area contributed by atoms with Crippen LogP contribution in [0.15, 0.2) is 24.3 Å². The third kappa shape index (κ3) is 3.91. The number of nitro groups is 1. The van der Waals surface area contributed by atoms with Gasteiger partial charge in [0.2, 0.25) is 0 Å². The summed E-state index contributed by atoms with van der Waals surface area (Å²) in [4.78, 5) is 22.3. The van der Waals surface area contributed by atoms with E-state index in [2.05, 4.69) is 5.32 Å². The highest BCUT2D eigenvalue weighted by molar-refractivity contribution is 7.18. The van der Waals surface area contributed by atoms with Crippen molar-refractivity contribution in [3.8, 4) is 11.5 Å². The summed E-state index contributed by atoms with van der Waals surface area (Å²) in [5.41, 5.74) is 0.529. The van der Waals surface area contributed by atoms with E-state index in [1.54, 1.807) is 18.2 Å². The van der Waals surface area contributed by atoms with Crippen LogP contribution in [0.1, 0.15) is 15.2 Å². The number of thiophene rings is 1. The van der Waals surface area contributed by atoms with Crippen LogP contribution in [0.2, 0.25) is 4.34 Å². The number of benzene rings is 1. The quantitative estimate of drug-likeness (QED) is 0.633. The topological polar surface area (TPSA) is 90.7 Å². The highest BCUT2D eigenvalue weighted by Crippen LogP contribution is 2.33. The molecule has 0 aliphatic carbocycles. The number of halogens is 1. The molecule has 122 valence electrons. The van der Waals surface area contributed by atoms with Crippen molar-refractivity contribution >= 4 is 34.5 Å².